The Morgan fingerprint density at radius 1 is 1.06 bits per heavy atom. The maximum absolute atomic E-state index is 6.20. The van der Waals surface area contributed by atoms with Crippen molar-refractivity contribution in [2.24, 2.45) is 5.73 Å². The van der Waals surface area contributed by atoms with Crippen LogP contribution in [0.2, 0.25) is 0 Å². The van der Waals surface area contributed by atoms with Gasteiger partial charge in [0.2, 0.25) is 0 Å². The zero-order chi connectivity index (χ0) is 13.1. The highest BCUT2D eigenvalue weighted by molar-refractivity contribution is 5.51. The van der Waals surface area contributed by atoms with Crippen LogP contribution < -0.4 is 15.2 Å². The van der Waals surface area contributed by atoms with Crippen molar-refractivity contribution in [3.63, 3.8) is 0 Å². The molecule has 0 heterocycles. The minimum Gasteiger partial charge on any atom is -0.496 e. The fourth-order valence-corrected chi connectivity index (χ4v) is 1.96. The Morgan fingerprint density at radius 2 is 1.59 bits per heavy atom. The molecule has 0 bridgehead atoms. The van der Waals surface area contributed by atoms with Crippen molar-refractivity contribution in [3.8, 4) is 11.5 Å². The Balaban J connectivity index is 3.47. The second-order valence-electron chi connectivity index (χ2n) is 4.48. The maximum Gasteiger partial charge on any atom is 0.124 e. The Kier molecular flexibility index (Phi) is 4.37. The van der Waals surface area contributed by atoms with E-state index in [0.717, 1.165) is 22.6 Å². The van der Waals surface area contributed by atoms with Gasteiger partial charge in [0, 0.05) is 23.8 Å². The van der Waals surface area contributed by atoms with E-state index in [4.69, 9.17) is 19.9 Å². The van der Waals surface area contributed by atoms with Crippen molar-refractivity contribution in [1.29, 1.82) is 0 Å². The van der Waals surface area contributed by atoms with Crippen molar-refractivity contribution in [1.82, 2.24) is 0 Å². The van der Waals surface area contributed by atoms with Gasteiger partial charge < -0.3 is 19.9 Å². The number of rotatable bonds is 5. The summed E-state index contributed by atoms with van der Waals surface area (Å²) in [4.78, 5) is 0. The Bertz CT molecular complexity index is 383. The van der Waals surface area contributed by atoms with Crippen LogP contribution in [0.4, 0.5) is 0 Å². The van der Waals surface area contributed by atoms with E-state index in [2.05, 4.69) is 0 Å². The van der Waals surface area contributed by atoms with Gasteiger partial charge in [-0.25, -0.2) is 0 Å². The first kappa shape index (κ1) is 13.8. The lowest BCUT2D eigenvalue weighted by atomic mass is 9.89. The first-order valence-electron chi connectivity index (χ1n) is 5.47. The molecule has 0 aliphatic rings. The zero-order valence-corrected chi connectivity index (χ0v) is 11.2. The van der Waals surface area contributed by atoms with Gasteiger partial charge in [0.05, 0.1) is 20.8 Å². The summed E-state index contributed by atoms with van der Waals surface area (Å²) in [6.45, 7) is 4.31. The Labute approximate surface area is 103 Å². The van der Waals surface area contributed by atoms with Gasteiger partial charge in [0.1, 0.15) is 11.5 Å². The molecule has 0 aliphatic heterocycles. The highest BCUT2D eigenvalue weighted by Crippen LogP contribution is 2.36. The van der Waals surface area contributed by atoms with E-state index >= 15 is 0 Å². The Hall–Kier alpha value is -1.26. The highest BCUT2D eigenvalue weighted by atomic mass is 16.5. The van der Waals surface area contributed by atoms with Gasteiger partial charge in [-0.3, -0.25) is 0 Å². The summed E-state index contributed by atoms with van der Waals surface area (Å²) in [5.41, 5.74) is 7.53. The summed E-state index contributed by atoms with van der Waals surface area (Å²) >= 11 is 0. The molecule has 0 atom stereocenters. The monoisotopic (exact) mass is 239 g/mol. The van der Waals surface area contributed by atoms with Gasteiger partial charge in [-0.05, 0) is 26.0 Å². The summed E-state index contributed by atoms with van der Waals surface area (Å²) in [7, 11) is 4.91. The number of benzene rings is 1. The van der Waals surface area contributed by atoms with Gasteiger partial charge in [-0.2, -0.15) is 0 Å². The van der Waals surface area contributed by atoms with Crippen molar-refractivity contribution in [3.05, 3.63) is 23.3 Å². The largest absolute Gasteiger partial charge is 0.496 e. The smallest absolute Gasteiger partial charge is 0.124 e. The number of nitrogens with two attached hydrogens (primary N) is 1. The molecule has 0 radical (unpaired) electrons. The third-order valence-electron chi connectivity index (χ3n) is 2.60. The molecule has 0 amide bonds. The summed E-state index contributed by atoms with van der Waals surface area (Å²) < 4.78 is 15.9. The van der Waals surface area contributed by atoms with Crippen LogP contribution in [0.3, 0.4) is 0 Å². The first-order chi connectivity index (χ1) is 7.95. The van der Waals surface area contributed by atoms with Gasteiger partial charge in [-0.15, -0.1) is 0 Å². The normalized spacial score (nSPS) is 11.4. The second kappa shape index (κ2) is 5.38. The van der Waals surface area contributed by atoms with E-state index in [9.17, 15) is 0 Å². The molecule has 1 aromatic rings. The van der Waals surface area contributed by atoms with Crippen LogP contribution in [0, 0.1) is 0 Å². The minimum absolute atomic E-state index is 0.441. The molecule has 0 saturated carbocycles. The number of hydrogen-bond donors (Lipinski definition) is 1. The average molecular weight is 239 g/mol. The molecular formula is C13H21NO3. The van der Waals surface area contributed by atoms with E-state index in [0.29, 0.717) is 6.61 Å². The number of hydrogen-bond acceptors (Lipinski definition) is 4. The molecule has 0 saturated heterocycles. The molecule has 96 valence electrons. The molecule has 1 rings (SSSR count). The van der Waals surface area contributed by atoms with Crippen LogP contribution in [-0.4, -0.2) is 21.3 Å². The van der Waals surface area contributed by atoms with Crippen LogP contribution in [-0.2, 0) is 16.9 Å². The maximum atomic E-state index is 6.20. The topological polar surface area (TPSA) is 53.7 Å². The quantitative estimate of drug-likeness (QED) is 0.854. The molecule has 4 heteroatoms. The standard InChI is InChI=1S/C13H21NO3/c1-13(2,14)12-9(8-15-3)10(16-4)6-7-11(12)17-5/h6-7H,8,14H2,1-5H3. The van der Waals surface area contributed by atoms with E-state index in [1.807, 2.05) is 26.0 Å². The lowest BCUT2D eigenvalue weighted by Gasteiger charge is -2.26. The molecule has 0 aliphatic carbocycles. The molecular weight excluding hydrogens is 218 g/mol. The zero-order valence-electron chi connectivity index (χ0n) is 11.2. The van der Waals surface area contributed by atoms with Gasteiger partial charge in [0.25, 0.3) is 0 Å². The lowest BCUT2D eigenvalue weighted by Crippen LogP contribution is -2.31. The van der Waals surface area contributed by atoms with Crippen LogP contribution in [0.25, 0.3) is 0 Å². The van der Waals surface area contributed by atoms with Crippen molar-refractivity contribution < 1.29 is 14.2 Å². The molecule has 0 unspecified atom stereocenters. The predicted molar refractivity (Wildman–Crippen MR) is 67.5 cm³/mol. The van der Waals surface area contributed by atoms with E-state index in [1.165, 1.54) is 0 Å². The Morgan fingerprint density at radius 3 is 2.00 bits per heavy atom. The van der Waals surface area contributed by atoms with Crippen LogP contribution in [0.15, 0.2) is 12.1 Å². The van der Waals surface area contributed by atoms with E-state index < -0.39 is 5.54 Å². The summed E-state index contributed by atoms with van der Waals surface area (Å²) in [5.74, 6) is 1.52. The summed E-state index contributed by atoms with van der Waals surface area (Å²) in [6, 6.07) is 3.73. The van der Waals surface area contributed by atoms with Crippen LogP contribution >= 0.6 is 0 Å². The van der Waals surface area contributed by atoms with Crippen molar-refractivity contribution in [2.45, 2.75) is 26.0 Å². The summed E-state index contributed by atoms with van der Waals surface area (Å²) in [6.07, 6.45) is 0. The van der Waals surface area contributed by atoms with Crippen LogP contribution in [0.5, 0.6) is 11.5 Å². The number of methoxy groups -OCH3 is 3. The molecule has 2 N–H and O–H groups in total. The van der Waals surface area contributed by atoms with Gasteiger partial charge >= 0.3 is 0 Å². The molecule has 0 spiro atoms. The minimum atomic E-state index is -0.520. The average Bonchev–Trinajstić information content (AvgIpc) is 2.27. The van der Waals surface area contributed by atoms with Gasteiger partial charge in [-0.1, -0.05) is 0 Å². The molecule has 17 heavy (non-hydrogen) atoms. The second-order valence-corrected chi connectivity index (χ2v) is 4.48. The lowest BCUT2D eigenvalue weighted by molar-refractivity contribution is 0.179. The highest BCUT2D eigenvalue weighted by Gasteiger charge is 2.25. The van der Waals surface area contributed by atoms with Crippen LogP contribution in [0.1, 0.15) is 25.0 Å². The third-order valence-corrected chi connectivity index (χ3v) is 2.60. The molecule has 4 nitrogen and oxygen atoms in total. The molecule has 1 aromatic carbocycles. The van der Waals surface area contributed by atoms with Crippen molar-refractivity contribution >= 4 is 0 Å². The van der Waals surface area contributed by atoms with Crippen molar-refractivity contribution in [2.75, 3.05) is 21.3 Å². The summed E-state index contributed by atoms with van der Waals surface area (Å²) in [5, 5.41) is 0. The third kappa shape index (κ3) is 2.90. The molecule has 0 aromatic heterocycles. The first-order valence-corrected chi connectivity index (χ1v) is 5.47. The van der Waals surface area contributed by atoms with E-state index in [-0.39, 0.29) is 0 Å². The predicted octanol–water partition coefficient (Wildman–Crippen LogP) is 2.04. The fraction of sp³-hybridized carbons (Fsp3) is 0.538. The van der Waals surface area contributed by atoms with Gasteiger partial charge in [0.15, 0.2) is 0 Å². The SMILES string of the molecule is COCc1c(OC)ccc(OC)c1C(C)(C)N. The van der Waals surface area contributed by atoms with E-state index in [1.54, 1.807) is 21.3 Å². The number of ether oxygens (including phenoxy) is 3. The fourth-order valence-electron chi connectivity index (χ4n) is 1.96. The molecule has 0 fully saturated rings.